The second-order valence-electron chi connectivity index (χ2n) is 3.45. The Morgan fingerprint density at radius 2 is 2.00 bits per heavy atom. The van der Waals surface area contributed by atoms with Crippen molar-refractivity contribution in [3.05, 3.63) is 0 Å². The topological polar surface area (TPSA) is 88.8 Å². The molecule has 0 bridgehead atoms. The molecule has 5 nitrogen and oxygen atoms in total. The predicted molar refractivity (Wildman–Crippen MR) is 61.2 cm³/mol. The highest BCUT2D eigenvalue weighted by molar-refractivity contribution is 5.93. The molecule has 0 aliphatic rings. The lowest BCUT2D eigenvalue weighted by atomic mass is 10.1. The van der Waals surface area contributed by atoms with Gasteiger partial charge in [0.2, 0.25) is 5.96 Å². The van der Waals surface area contributed by atoms with E-state index in [1.54, 1.807) is 0 Å². The molecule has 0 heterocycles. The monoisotopic (exact) mass is 199 g/mol. The quantitative estimate of drug-likeness (QED) is 0.448. The predicted octanol–water partition coefficient (Wildman–Crippen LogP) is 0.271. The van der Waals surface area contributed by atoms with Gasteiger partial charge in [-0.2, -0.15) is 4.99 Å². The fraction of sp³-hybridized carbons (Fsp3) is 0.778. The van der Waals surface area contributed by atoms with Crippen LogP contribution in [0.3, 0.4) is 0 Å². The lowest BCUT2D eigenvalue weighted by Gasteiger charge is -2.04. The van der Waals surface area contributed by atoms with E-state index in [1.807, 2.05) is 6.92 Å². The minimum absolute atomic E-state index is 0.0363. The van der Waals surface area contributed by atoms with Crippen LogP contribution >= 0.6 is 0 Å². The molecule has 0 fully saturated rings. The molecule has 0 saturated heterocycles. The highest BCUT2D eigenvalue weighted by atomic mass is 15.2. The molecule has 0 amide bonds. The van der Waals surface area contributed by atoms with E-state index in [0.29, 0.717) is 11.9 Å². The van der Waals surface area contributed by atoms with Gasteiger partial charge in [-0.05, 0) is 19.3 Å². The molecule has 82 valence electrons. The molecule has 0 radical (unpaired) electrons. The maximum absolute atomic E-state index is 5.26. The molecule has 5 heteroatoms. The molecular weight excluding hydrogens is 178 g/mol. The number of rotatable bonds is 4. The van der Waals surface area contributed by atoms with Crippen molar-refractivity contribution in [3.8, 4) is 0 Å². The Labute approximate surface area is 85.7 Å². The molecule has 0 spiro atoms. The number of nitrogens with one attached hydrogen (secondary N) is 1. The second-order valence-corrected chi connectivity index (χ2v) is 3.45. The lowest BCUT2D eigenvalue weighted by Crippen LogP contribution is -2.29. The number of hydrogen-bond donors (Lipinski definition) is 3. The summed E-state index contributed by atoms with van der Waals surface area (Å²) in [6.45, 7) is 7.79. The zero-order valence-electron chi connectivity index (χ0n) is 9.25. The Morgan fingerprint density at radius 3 is 2.43 bits per heavy atom. The smallest absolute Gasteiger partial charge is 0.221 e. The molecule has 0 saturated carbocycles. The van der Waals surface area contributed by atoms with Crippen molar-refractivity contribution < 1.29 is 0 Å². The van der Waals surface area contributed by atoms with Crippen LogP contribution in [0.2, 0.25) is 0 Å². The number of nitrogens with two attached hydrogens (primary N) is 2. The number of hydrogen-bond acceptors (Lipinski definition) is 1. The Hall–Kier alpha value is -1.26. The van der Waals surface area contributed by atoms with Crippen LogP contribution in [0.1, 0.15) is 27.2 Å². The zero-order chi connectivity index (χ0) is 11.0. The van der Waals surface area contributed by atoms with Crippen molar-refractivity contribution in [1.29, 1.82) is 0 Å². The highest BCUT2D eigenvalue weighted by Crippen LogP contribution is 1.98. The molecule has 0 aromatic heterocycles. The summed E-state index contributed by atoms with van der Waals surface area (Å²) in [6.07, 6.45) is 1.04. The average molecular weight is 199 g/mol. The third-order valence-corrected chi connectivity index (χ3v) is 1.54. The molecule has 0 unspecified atom stereocenters. The molecule has 5 N–H and O–H groups in total. The first-order valence-electron chi connectivity index (χ1n) is 4.94. The third kappa shape index (κ3) is 7.39. The molecular formula is C9H21N5. The molecule has 14 heavy (non-hydrogen) atoms. The summed E-state index contributed by atoms with van der Waals surface area (Å²) in [5.74, 6) is 1.20. The van der Waals surface area contributed by atoms with E-state index in [9.17, 15) is 0 Å². The van der Waals surface area contributed by atoms with E-state index in [1.165, 1.54) is 0 Å². The van der Waals surface area contributed by atoms with Crippen LogP contribution in [0, 0.1) is 5.92 Å². The Morgan fingerprint density at radius 1 is 1.36 bits per heavy atom. The van der Waals surface area contributed by atoms with Gasteiger partial charge in [-0.3, -0.25) is 4.99 Å². The number of nitrogens with zero attached hydrogens (tertiary/aromatic N) is 2. The van der Waals surface area contributed by atoms with Gasteiger partial charge in [0.15, 0.2) is 5.96 Å². The van der Waals surface area contributed by atoms with Crippen LogP contribution in [0.25, 0.3) is 0 Å². The maximum atomic E-state index is 5.26. The maximum Gasteiger partial charge on any atom is 0.221 e. The van der Waals surface area contributed by atoms with Gasteiger partial charge in [-0.15, -0.1) is 0 Å². The molecule has 0 rings (SSSR count). The van der Waals surface area contributed by atoms with Gasteiger partial charge in [0.1, 0.15) is 0 Å². The van der Waals surface area contributed by atoms with E-state index in [4.69, 9.17) is 11.5 Å². The Kier molecular flexibility index (Phi) is 6.53. The normalized spacial score (nSPS) is 11.6. The van der Waals surface area contributed by atoms with Gasteiger partial charge < -0.3 is 16.8 Å². The number of guanidine groups is 2. The summed E-state index contributed by atoms with van der Waals surface area (Å²) < 4.78 is 0. The van der Waals surface area contributed by atoms with Crippen molar-refractivity contribution in [3.63, 3.8) is 0 Å². The summed E-state index contributed by atoms with van der Waals surface area (Å²) in [6, 6.07) is 0. The molecule has 0 atom stereocenters. The summed E-state index contributed by atoms with van der Waals surface area (Å²) in [5, 5.41) is 2.99. The second kappa shape index (κ2) is 7.17. The van der Waals surface area contributed by atoms with Gasteiger partial charge in [0.05, 0.1) is 0 Å². The molecule has 0 aliphatic carbocycles. The van der Waals surface area contributed by atoms with E-state index in [2.05, 4.69) is 29.1 Å². The molecule has 0 aromatic carbocycles. The van der Waals surface area contributed by atoms with E-state index >= 15 is 0 Å². The van der Waals surface area contributed by atoms with Gasteiger partial charge in [-0.1, -0.05) is 13.8 Å². The fourth-order valence-electron chi connectivity index (χ4n) is 0.840. The minimum Gasteiger partial charge on any atom is -0.370 e. The lowest BCUT2D eigenvalue weighted by molar-refractivity contribution is 0.596. The third-order valence-electron chi connectivity index (χ3n) is 1.54. The SMILES string of the molecule is CCNC(N=C(N)N)=NCCC(C)C. The van der Waals surface area contributed by atoms with Gasteiger partial charge in [0.25, 0.3) is 0 Å². The summed E-state index contributed by atoms with van der Waals surface area (Å²) in [4.78, 5) is 8.13. The van der Waals surface area contributed by atoms with Crippen molar-refractivity contribution in [2.24, 2.45) is 27.4 Å². The van der Waals surface area contributed by atoms with Gasteiger partial charge >= 0.3 is 0 Å². The van der Waals surface area contributed by atoms with Crippen molar-refractivity contribution in [1.82, 2.24) is 5.32 Å². The summed E-state index contributed by atoms with van der Waals surface area (Å²) in [7, 11) is 0. The first-order valence-corrected chi connectivity index (χ1v) is 4.94. The van der Waals surface area contributed by atoms with Gasteiger partial charge in [0, 0.05) is 13.1 Å². The zero-order valence-corrected chi connectivity index (χ0v) is 9.25. The van der Waals surface area contributed by atoms with Crippen LogP contribution < -0.4 is 16.8 Å². The van der Waals surface area contributed by atoms with E-state index < -0.39 is 0 Å². The van der Waals surface area contributed by atoms with Crippen LogP contribution in [0.4, 0.5) is 0 Å². The van der Waals surface area contributed by atoms with Crippen LogP contribution in [0.5, 0.6) is 0 Å². The molecule has 0 aliphatic heterocycles. The van der Waals surface area contributed by atoms with E-state index in [-0.39, 0.29) is 5.96 Å². The summed E-state index contributed by atoms with van der Waals surface area (Å²) in [5.41, 5.74) is 10.5. The van der Waals surface area contributed by atoms with Crippen molar-refractivity contribution >= 4 is 11.9 Å². The number of aliphatic imine (C=N–C) groups is 2. The Balaban J connectivity index is 4.12. The first kappa shape index (κ1) is 12.7. The standard InChI is InChI=1S/C9H21N5/c1-4-12-9(14-8(10)11)13-6-5-7(2)3/h7H,4-6H2,1-3H3,(H5,10,11,12,13,14). The first-order chi connectivity index (χ1) is 6.56. The molecule has 0 aromatic rings. The summed E-state index contributed by atoms with van der Waals surface area (Å²) >= 11 is 0. The van der Waals surface area contributed by atoms with Crippen molar-refractivity contribution in [2.45, 2.75) is 27.2 Å². The fourth-order valence-corrected chi connectivity index (χ4v) is 0.840. The van der Waals surface area contributed by atoms with Gasteiger partial charge in [-0.25, -0.2) is 0 Å². The van der Waals surface area contributed by atoms with Crippen LogP contribution in [-0.2, 0) is 0 Å². The van der Waals surface area contributed by atoms with Crippen molar-refractivity contribution in [2.75, 3.05) is 13.1 Å². The van der Waals surface area contributed by atoms with Crippen LogP contribution in [-0.4, -0.2) is 25.0 Å². The largest absolute Gasteiger partial charge is 0.370 e. The average Bonchev–Trinajstić information content (AvgIpc) is 2.02. The Bertz CT molecular complexity index is 203. The van der Waals surface area contributed by atoms with E-state index in [0.717, 1.165) is 19.5 Å². The highest BCUT2D eigenvalue weighted by Gasteiger charge is 1.96. The van der Waals surface area contributed by atoms with Crippen LogP contribution in [0.15, 0.2) is 9.98 Å². The minimum atomic E-state index is 0.0363.